The van der Waals surface area contributed by atoms with Gasteiger partial charge in [0.15, 0.2) is 5.69 Å². The average Bonchev–Trinajstić information content (AvgIpc) is 3.03. The summed E-state index contributed by atoms with van der Waals surface area (Å²) in [5.74, 6) is 0.755. The smallest absolute Gasteiger partial charge is 0.273 e. The fraction of sp³-hybridized carbons (Fsp3) is 0.500. The molecule has 0 saturated carbocycles. The first-order chi connectivity index (χ1) is 9.83. The van der Waals surface area contributed by atoms with E-state index in [1.54, 1.807) is 23.3 Å². The summed E-state index contributed by atoms with van der Waals surface area (Å²) in [4.78, 5) is 19.0. The number of carbonyl (C=O) groups excluding carboxylic acids is 1. The summed E-state index contributed by atoms with van der Waals surface area (Å²) in [6.45, 7) is 2.36. The maximum atomic E-state index is 11.9. The van der Waals surface area contributed by atoms with Crippen molar-refractivity contribution < 1.29 is 4.79 Å². The van der Waals surface area contributed by atoms with Crippen molar-refractivity contribution in [3.8, 4) is 0 Å². The highest BCUT2D eigenvalue weighted by molar-refractivity contribution is 5.91. The summed E-state index contributed by atoms with van der Waals surface area (Å²) in [5.41, 5.74) is 0.370. The SMILES string of the molecule is O=C(NCCCc1ncc[nH]1)c1cn(C2CNC2)nn1. The minimum atomic E-state index is -0.178. The third-order valence-corrected chi connectivity index (χ3v) is 3.31. The molecule has 20 heavy (non-hydrogen) atoms. The molecule has 8 nitrogen and oxygen atoms in total. The zero-order chi connectivity index (χ0) is 13.8. The van der Waals surface area contributed by atoms with Gasteiger partial charge in [-0.25, -0.2) is 9.67 Å². The summed E-state index contributed by atoms with van der Waals surface area (Å²) < 4.78 is 1.74. The number of nitrogens with one attached hydrogen (secondary N) is 3. The molecule has 8 heteroatoms. The second-order valence-corrected chi connectivity index (χ2v) is 4.79. The van der Waals surface area contributed by atoms with Gasteiger partial charge in [-0.15, -0.1) is 5.10 Å². The highest BCUT2D eigenvalue weighted by Crippen LogP contribution is 2.09. The highest BCUT2D eigenvalue weighted by atomic mass is 16.2. The fourth-order valence-corrected chi connectivity index (χ4v) is 2.00. The molecule has 1 amide bonds. The van der Waals surface area contributed by atoms with Gasteiger partial charge in [-0.2, -0.15) is 0 Å². The Hall–Kier alpha value is -2.22. The maximum absolute atomic E-state index is 11.9. The maximum Gasteiger partial charge on any atom is 0.273 e. The van der Waals surface area contributed by atoms with Gasteiger partial charge in [-0.3, -0.25) is 4.79 Å². The first kappa shape index (κ1) is 12.8. The van der Waals surface area contributed by atoms with E-state index in [1.807, 2.05) is 0 Å². The van der Waals surface area contributed by atoms with Gasteiger partial charge in [0.1, 0.15) is 5.82 Å². The molecule has 1 aliphatic rings. The van der Waals surface area contributed by atoms with Gasteiger partial charge in [0.25, 0.3) is 5.91 Å². The van der Waals surface area contributed by atoms with E-state index in [0.717, 1.165) is 31.8 Å². The quantitative estimate of drug-likeness (QED) is 0.618. The summed E-state index contributed by atoms with van der Waals surface area (Å²) in [5, 5.41) is 13.9. The van der Waals surface area contributed by atoms with Crippen LogP contribution in [0.4, 0.5) is 0 Å². The molecule has 0 bridgehead atoms. The number of carbonyl (C=O) groups is 1. The van der Waals surface area contributed by atoms with Crippen LogP contribution in [0, 0.1) is 0 Å². The molecule has 3 heterocycles. The van der Waals surface area contributed by atoms with Crippen molar-refractivity contribution >= 4 is 5.91 Å². The number of hydrogen-bond acceptors (Lipinski definition) is 5. The highest BCUT2D eigenvalue weighted by Gasteiger charge is 2.21. The predicted octanol–water partition coefficient (Wildman–Crippen LogP) is -0.492. The van der Waals surface area contributed by atoms with Crippen molar-refractivity contribution in [2.24, 2.45) is 0 Å². The Morgan fingerprint density at radius 2 is 2.40 bits per heavy atom. The van der Waals surface area contributed by atoms with E-state index in [-0.39, 0.29) is 5.91 Å². The molecule has 1 aliphatic heterocycles. The lowest BCUT2D eigenvalue weighted by Gasteiger charge is -2.26. The Labute approximate surface area is 116 Å². The van der Waals surface area contributed by atoms with E-state index in [4.69, 9.17) is 0 Å². The zero-order valence-corrected chi connectivity index (χ0v) is 11.0. The van der Waals surface area contributed by atoms with Crippen molar-refractivity contribution in [1.82, 2.24) is 35.6 Å². The zero-order valence-electron chi connectivity index (χ0n) is 11.0. The third-order valence-electron chi connectivity index (χ3n) is 3.31. The Morgan fingerprint density at radius 1 is 1.50 bits per heavy atom. The lowest BCUT2D eigenvalue weighted by Crippen LogP contribution is -2.43. The summed E-state index contributed by atoms with van der Waals surface area (Å²) in [6, 6.07) is 0.322. The van der Waals surface area contributed by atoms with Crippen molar-refractivity contribution in [2.75, 3.05) is 19.6 Å². The number of aromatic amines is 1. The van der Waals surface area contributed by atoms with Crippen molar-refractivity contribution in [3.05, 3.63) is 30.1 Å². The van der Waals surface area contributed by atoms with Gasteiger partial charge in [-0.1, -0.05) is 5.21 Å². The van der Waals surface area contributed by atoms with Crippen LogP contribution < -0.4 is 10.6 Å². The van der Waals surface area contributed by atoms with E-state index < -0.39 is 0 Å². The molecular formula is C12H17N7O. The first-order valence-electron chi connectivity index (χ1n) is 6.72. The van der Waals surface area contributed by atoms with Crippen LogP contribution in [0.5, 0.6) is 0 Å². The number of imidazole rings is 1. The summed E-state index contributed by atoms with van der Waals surface area (Å²) in [7, 11) is 0. The molecule has 3 rings (SSSR count). The van der Waals surface area contributed by atoms with Crippen LogP contribution >= 0.6 is 0 Å². The molecular weight excluding hydrogens is 258 g/mol. The third kappa shape index (κ3) is 2.85. The molecule has 3 N–H and O–H groups in total. The Bertz CT molecular complexity index is 558. The number of nitrogens with zero attached hydrogens (tertiary/aromatic N) is 4. The summed E-state index contributed by atoms with van der Waals surface area (Å²) in [6.07, 6.45) is 6.87. The second kappa shape index (κ2) is 5.83. The molecule has 0 aliphatic carbocycles. The van der Waals surface area contributed by atoms with E-state index in [2.05, 4.69) is 30.9 Å². The first-order valence-corrected chi connectivity index (χ1v) is 6.72. The van der Waals surface area contributed by atoms with E-state index in [0.29, 0.717) is 18.3 Å². The van der Waals surface area contributed by atoms with Crippen LogP contribution in [0.25, 0.3) is 0 Å². The van der Waals surface area contributed by atoms with Gasteiger partial charge in [0.05, 0.1) is 12.2 Å². The average molecular weight is 275 g/mol. The standard InChI is InChI=1S/C12H17N7O/c20-12(16-3-1-2-11-14-4-5-15-11)10-8-19(18-17-10)9-6-13-7-9/h4-5,8-9,13H,1-3,6-7H2,(H,14,15)(H,16,20). The molecule has 1 fully saturated rings. The lowest BCUT2D eigenvalue weighted by molar-refractivity contribution is 0.0948. The number of hydrogen-bond donors (Lipinski definition) is 3. The van der Waals surface area contributed by atoms with Crippen LogP contribution in [-0.4, -0.2) is 50.5 Å². The number of rotatable bonds is 6. The number of amides is 1. The number of aryl methyl sites for hydroxylation is 1. The topological polar surface area (TPSA) is 101 Å². The predicted molar refractivity (Wildman–Crippen MR) is 71.2 cm³/mol. The van der Waals surface area contributed by atoms with Crippen molar-refractivity contribution in [3.63, 3.8) is 0 Å². The molecule has 0 spiro atoms. The monoisotopic (exact) mass is 275 g/mol. The molecule has 0 aromatic carbocycles. The minimum Gasteiger partial charge on any atom is -0.351 e. The Kier molecular flexibility index (Phi) is 3.73. The normalized spacial score (nSPS) is 15.0. The van der Waals surface area contributed by atoms with E-state index in [9.17, 15) is 4.79 Å². The van der Waals surface area contributed by atoms with Crippen molar-refractivity contribution in [2.45, 2.75) is 18.9 Å². The molecule has 0 radical (unpaired) electrons. The van der Waals surface area contributed by atoms with Crippen LogP contribution in [0.15, 0.2) is 18.6 Å². The fourth-order valence-electron chi connectivity index (χ4n) is 2.00. The second-order valence-electron chi connectivity index (χ2n) is 4.79. The number of H-pyrrole nitrogens is 1. The van der Waals surface area contributed by atoms with Crippen LogP contribution in [0.2, 0.25) is 0 Å². The molecule has 2 aromatic heterocycles. The largest absolute Gasteiger partial charge is 0.351 e. The van der Waals surface area contributed by atoms with Crippen LogP contribution in [0.1, 0.15) is 28.8 Å². The molecule has 0 unspecified atom stereocenters. The van der Waals surface area contributed by atoms with Gasteiger partial charge >= 0.3 is 0 Å². The van der Waals surface area contributed by atoms with Gasteiger partial charge in [0, 0.05) is 38.4 Å². The lowest BCUT2D eigenvalue weighted by atomic mass is 10.2. The number of aromatic nitrogens is 5. The molecule has 0 atom stereocenters. The van der Waals surface area contributed by atoms with Crippen LogP contribution in [0.3, 0.4) is 0 Å². The Morgan fingerprint density at radius 3 is 3.10 bits per heavy atom. The molecule has 2 aromatic rings. The van der Waals surface area contributed by atoms with E-state index in [1.165, 1.54) is 0 Å². The van der Waals surface area contributed by atoms with Crippen molar-refractivity contribution in [1.29, 1.82) is 0 Å². The Balaban J connectivity index is 1.43. The van der Waals surface area contributed by atoms with Crippen LogP contribution in [-0.2, 0) is 6.42 Å². The summed E-state index contributed by atoms with van der Waals surface area (Å²) >= 11 is 0. The molecule has 1 saturated heterocycles. The van der Waals surface area contributed by atoms with Gasteiger partial charge < -0.3 is 15.6 Å². The van der Waals surface area contributed by atoms with Gasteiger partial charge in [0.2, 0.25) is 0 Å². The van der Waals surface area contributed by atoms with Gasteiger partial charge in [-0.05, 0) is 6.42 Å². The van der Waals surface area contributed by atoms with E-state index >= 15 is 0 Å². The molecule has 106 valence electrons. The minimum absolute atomic E-state index is 0.178.